The summed E-state index contributed by atoms with van der Waals surface area (Å²) in [6, 6.07) is 0. The number of aryl methyl sites for hydroxylation is 1. The summed E-state index contributed by atoms with van der Waals surface area (Å²) in [5, 5.41) is 15.3. The zero-order chi connectivity index (χ0) is 15.8. The lowest BCUT2D eigenvalue weighted by molar-refractivity contribution is 0.443. The fourth-order valence-electron chi connectivity index (χ4n) is 2.91. The molecular weight excluding hydrogens is 403 g/mol. The van der Waals surface area contributed by atoms with Crippen molar-refractivity contribution in [3.05, 3.63) is 11.6 Å². The van der Waals surface area contributed by atoms with Gasteiger partial charge in [0.2, 0.25) is 0 Å². The first-order valence-corrected chi connectivity index (χ1v) is 8.63. The van der Waals surface area contributed by atoms with E-state index in [1.54, 1.807) is 0 Å². The number of rotatable bonds is 8. The van der Waals surface area contributed by atoms with Crippen molar-refractivity contribution in [2.24, 2.45) is 10.9 Å². The minimum Gasteiger partial charge on any atom is -0.356 e. The Balaban J connectivity index is 0.00000264. The first kappa shape index (κ1) is 20.2. The summed E-state index contributed by atoms with van der Waals surface area (Å²) >= 11 is 0. The van der Waals surface area contributed by atoms with E-state index in [4.69, 9.17) is 0 Å². The van der Waals surface area contributed by atoms with Crippen molar-refractivity contribution in [3.8, 4) is 0 Å². The summed E-state index contributed by atoms with van der Waals surface area (Å²) in [7, 11) is 1.82. The molecule has 2 rings (SSSR count). The molecule has 0 aliphatic carbocycles. The summed E-state index contributed by atoms with van der Waals surface area (Å²) < 4.78 is 2.22. The van der Waals surface area contributed by atoms with Gasteiger partial charge in [-0.2, -0.15) is 0 Å². The van der Waals surface area contributed by atoms with E-state index in [1.165, 1.54) is 32.1 Å². The van der Waals surface area contributed by atoms with Gasteiger partial charge in [0.05, 0.1) is 6.54 Å². The average Bonchev–Trinajstić information content (AvgIpc) is 3.14. The lowest BCUT2D eigenvalue weighted by Crippen LogP contribution is -2.39. The van der Waals surface area contributed by atoms with Crippen LogP contribution in [0.15, 0.2) is 4.99 Å². The standard InChI is InChI=1S/C16H30N6.HI/c1-4-6-8-13(5-2)11-18-16(17-3)19-12-15-21-20-14-9-7-10-22(14)15;/h13H,4-12H2,1-3H3,(H2,17,18,19);1H. The normalized spacial score (nSPS) is 15.0. The Kier molecular flexibility index (Phi) is 9.50. The SMILES string of the molecule is CCCCC(CC)CNC(=NC)NCc1nnc2n1CCC2.I. The minimum absolute atomic E-state index is 0. The number of aromatic nitrogens is 3. The van der Waals surface area contributed by atoms with Gasteiger partial charge in [0.1, 0.15) is 5.82 Å². The van der Waals surface area contributed by atoms with Gasteiger partial charge in [0.25, 0.3) is 0 Å². The van der Waals surface area contributed by atoms with Gasteiger partial charge >= 0.3 is 0 Å². The number of fused-ring (bicyclic) bond motifs is 1. The van der Waals surface area contributed by atoms with Crippen LogP contribution in [-0.2, 0) is 19.5 Å². The van der Waals surface area contributed by atoms with Crippen molar-refractivity contribution in [1.29, 1.82) is 0 Å². The second kappa shape index (κ2) is 10.8. The third kappa shape index (κ3) is 5.93. The molecule has 1 aliphatic heterocycles. The van der Waals surface area contributed by atoms with Gasteiger partial charge in [0, 0.05) is 26.6 Å². The predicted molar refractivity (Wildman–Crippen MR) is 105 cm³/mol. The largest absolute Gasteiger partial charge is 0.356 e. The quantitative estimate of drug-likeness (QED) is 0.375. The molecule has 0 aromatic carbocycles. The molecule has 1 unspecified atom stereocenters. The zero-order valence-corrected chi connectivity index (χ0v) is 17.0. The molecule has 23 heavy (non-hydrogen) atoms. The Hall–Kier alpha value is -0.860. The maximum absolute atomic E-state index is 4.30. The van der Waals surface area contributed by atoms with E-state index in [1.807, 2.05) is 7.05 Å². The van der Waals surface area contributed by atoms with E-state index >= 15 is 0 Å². The predicted octanol–water partition coefficient (Wildman–Crippen LogP) is 2.72. The van der Waals surface area contributed by atoms with Crippen molar-refractivity contribution in [2.45, 2.75) is 65.5 Å². The highest BCUT2D eigenvalue weighted by atomic mass is 127. The molecule has 0 saturated heterocycles. The molecule has 2 heterocycles. The summed E-state index contributed by atoms with van der Waals surface area (Å²) in [6.45, 7) is 7.21. The van der Waals surface area contributed by atoms with E-state index < -0.39 is 0 Å². The molecule has 7 heteroatoms. The van der Waals surface area contributed by atoms with Crippen molar-refractivity contribution < 1.29 is 0 Å². The number of nitrogens with one attached hydrogen (secondary N) is 2. The number of nitrogens with zero attached hydrogens (tertiary/aromatic N) is 4. The Labute approximate surface area is 157 Å². The van der Waals surface area contributed by atoms with Crippen LogP contribution in [0.5, 0.6) is 0 Å². The number of guanidine groups is 1. The van der Waals surface area contributed by atoms with Crippen LogP contribution < -0.4 is 10.6 Å². The molecule has 0 fully saturated rings. The van der Waals surface area contributed by atoms with Crippen LogP contribution in [0.2, 0.25) is 0 Å². The summed E-state index contributed by atoms with van der Waals surface area (Å²) in [5.74, 6) is 3.69. The molecule has 0 amide bonds. The van der Waals surface area contributed by atoms with Crippen LogP contribution in [-0.4, -0.2) is 34.3 Å². The Morgan fingerprint density at radius 2 is 2.13 bits per heavy atom. The molecule has 1 aromatic heterocycles. The Morgan fingerprint density at radius 1 is 1.30 bits per heavy atom. The van der Waals surface area contributed by atoms with Gasteiger partial charge < -0.3 is 15.2 Å². The fourth-order valence-corrected chi connectivity index (χ4v) is 2.91. The number of aliphatic imine (C=N–C) groups is 1. The molecule has 0 saturated carbocycles. The van der Waals surface area contributed by atoms with Crippen molar-refractivity contribution in [1.82, 2.24) is 25.4 Å². The first-order valence-electron chi connectivity index (χ1n) is 8.63. The van der Waals surface area contributed by atoms with Gasteiger partial charge in [-0.1, -0.05) is 33.1 Å². The van der Waals surface area contributed by atoms with Gasteiger partial charge in [-0.3, -0.25) is 4.99 Å². The van der Waals surface area contributed by atoms with E-state index in [-0.39, 0.29) is 24.0 Å². The molecule has 1 aliphatic rings. The zero-order valence-electron chi connectivity index (χ0n) is 14.6. The van der Waals surface area contributed by atoms with E-state index in [0.29, 0.717) is 6.54 Å². The van der Waals surface area contributed by atoms with Crippen LogP contribution in [0.3, 0.4) is 0 Å². The highest BCUT2D eigenvalue weighted by molar-refractivity contribution is 14.0. The van der Waals surface area contributed by atoms with Crippen LogP contribution in [0.1, 0.15) is 57.6 Å². The third-order valence-corrected chi connectivity index (χ3v) is 4.43. The lowest BCUT2D eigenvalue weighted by Gasteiger charge is -2.18. The summed E-state index contributed by atoms with van der Waals surface area (Å²) in [6.07, 6.45) is 7.30. The molecule has 0 bridgehead atoms. The average molecular weight is 434 g/mol. The van der Waals surface area contributed by atoms with E-state index in [9.17, 15) is 0 Å². The Bertz CT molecular complexity index is 485. The number of unbranched alkanes of at least 4 members (excludes halogenated alkanes) is 1. The van der Waals surface area contributed by atoms with Crippen molar-refractivity contribution in [2.75, 3.05) is 13.6 Å². The highest BCUT2D eigenvalue weighted by Gasteiger charge is 2.17. The maximum atomic E-state index is 4.30. The molecule has 0 spiro atoms. The van der Waals surface area contributed by atoms with E-state index in [2.05, 4.69) is 44.2 Å². The lowest BCUT2D eigenvalue weighted by atomic mass is 9.99. The van der Waals surface area contributed by atoms with Gasteiger partial charge in [0.15, 0.2) is 11.8 Å². The van der Waals surface area contributed by atoms with Gasteiger partial charge in [-0.25, -0.2) is 0 Å². The van der Waals surface area contributed by atoms with Crippen LogP contribution >= 0.6 is 24.0 Å². The number of hydrogen-bond acceptors (Lipinski definition) is 3. The molecule has 0 radical (unpaired) electrons. The van der Waals surface area contributed by atoms with E-state index in [0.717, 1.165) is 43.0 Å². The van der Waals surface area contributed by atoms with Crippen LogP contribution in [0.4, 0.5) is 0 Å². The fraction of sp³-hybridized carbons (Fsp3) is 0.812. The third-order valence-electron chi connectivity index (χ3n) is 4.43. The van der Waals surface area contributed by atoms with Gasteiger partial charge in [-0.05, 0) is 18.8 Å². The van der Waals surface area contributed by atoms with Crippen LogP contribution in [0.25, 0.3) is 0 Å². The minimum atomic E-state index is 0. The smallest absolute Gasteiger partial charge is 0.191 e. The number of halogens is 1. The molecule has 132 valence electrons. The second-order valence-corrected chi connectivity index (χ2v) is 6.01. The Morgan fingerprint density at radius 3 is 2.83 bits per heavy atom. The van der Waals surface area contributed by atoms with Crippen molar-refractivity contribution >= 4 is 29.9 Å². The summed E-state index contributed by atoms with van der Waals surface area (Å²) in [4.78, 5) is 4.30. The molecule has 1 aromatic rings. The summed E-state index contributed by atoms with van der Waals surface area (Å²) in [5.41, 5.74) is 0. The first-order chi connectivity index (χ1) is 10.8. The van der Waals surface area contributed by atoms with Crippen LogP contribution in [0, 0.1) is 5.92 Å². The van der Waals surface area contributed by atoms with Gasteiger partial charge in [-0.15, -0.1) is 34.2 Å². The molecule has 6 nitrogen and oxygen atoms in total. The monoisotopic (exact) mass is 434 g/mol. The van der Waals surface area contributed by atoms with Crippen molar-refractivity contribution in [3.63, 3.8) is 0 Å². The molecular formula is C16H31IN6. The number of hydrogen-bond donors (Lipinski definition) is 2. The highest BCUT2D eigenvalue weighted by Crippen LogP contribution is 2.13. The maximum Gasteiger partial charge on any atom is 0.191 e. The second-order valence-electron chi connectivity index (χ2n) is 6.01. The topological polar surface area (TPSA) is 67.1 Å². The molecule has 1 atom stereocenters. The molecule has 2 N–H and O–H groups in total.